The maximum Gasteiger partial charge on any atom is 0.239 e. The van der Waals surface area contributed by atoms with Crippen LogP contribution in [0.5, 0.6) is 5.75 Å². The molecular formula is C19H21FN2O3. The van der Waals surface area contributed by atoms with Crippen LogP contribution in [-0.2, 0) is 16.1 Å². The lowest BCUT2D eigenvalue weighted by molar-refractivity contribution is -0.126. The Morgan fingerprint density at radius 2 is 1.84 bits per heavy atom. The molecule has 0 spiro atoms. The topological polar surface area (TPSA) is 67.4 Å². The summed E-state index contributed by atoms with van der Waals surface area (Å²) < 4.78 is 18.3. The molecule has 0 aliphatic carbocycles. The Bertz CT molecular complexity index is 732. The van der Waals surface area contributed by atoms with E-state index in [1.807, 2.05) is 24.3 Å². The van der Waals surface area contributed by atoms with Gasteiger partial charge in [0, 0.05) is 6.54 Å². The molecule has 0 saturated heterocycles. The van der Waals surface area contributed by atoms with Crippen LogP contribution < -0.4 is 15.4 Å². The predicted molar refractivity (Wildman–Crippen MR) is 92.7 cm³/mol. The van der Waals surface area contributed by atoms with Gasteiger partial charge >= 0.3 is 0 Å². The van der Waals surface area contributed by atoms with Crippen molar-refractivity contribution >= 4 is 11.8 Å². The lowest BCUT2D eigenvalue weighted by Gasteiger charge is -2.13. The zero-order valence-electron chi connectivity index (χ0n) is 14.2. The summed E-state index contributed by atoms with van der Waals surface area (Å²) in [5.41, 5.74) is 1.49. The van der Waals surface area contributed by atoms with Crippen molar-refractivity contribution in [2.45, 2.75) is 19.4 Å². The van der Waals surface area contributed by atoms with Crippen LogP contribution in [0, 0.1) is 5.82 Å². The molecular weight excluding hydrogens is 323 g/mol. The third-order valence-electron chi connectivity index (χ3n) is 3.81. The van der Waals surface area contributed by atoms with Gasteiger partial charge in [0.25, 0.3) is 0 Å². The standard InChI is InChI=1S/C19H21FN2O3/c1-13(15-4-3-5-16(20)10-15)19(24)22-12-18(23)21-11-14-6-8-17(25-2)9-7-14/h3-10,13H,11-12H2,1-2H3,(H,21,23)(H,22,24)/t13-/m0/s1. The molecule has 2 rings (SSSR count). The molecule has 0 aliphatic heterocycles. The van der Waals surface area contributed by atoms with Gasteiger partial charge in [-0.15, -0.1) is 0 Å². The number of halogens is 1. The van der Waals surface area contributed by atoms with Crippen molar-refractivity contribution in [1.82, 2.24) is 10.6 Å². The predicted octanol–water partition coefficient (Wildman–Crippen LogP) is 2.37. The number of nitrogens with one attached hydrogen (secondary N) is 2. The van der Waals surface area contributed by atoms with Crippen molar-refractivity contribution in [2.24, 2.45) is 0 Å². The Morgan fingerprint density at radius 1 is 1.12 bits per heavy atom. The van der Waals surface area contributed by atoms with Crippen LogP contribution in [0.4, 0.5) is 4.39 Å². The van der Waals surface area contributed by atoms with E-state index in [-0.39, 0.29) is 18.4 Å². The quantitative estimate of drug-likeness (QED) is 0.810. The molecule has 25 heavy (non-hydrogen) atoms. The van der Waals surface area contributed by atoms with Gasteiger partial charge in [0.2, 0.25) is 11.8 Å². The van der Waals surface area contributed by atoms with Gasteiger partial charge in [-0.25, -0.2) is 4.39 Å². The Balaban J connectivity index is 1.77. The van der Waals surface area contributed by atoms with E-state index in [0.717, 1.165) is 11.3 Å². The lowest BCUT2D eigenvalue weighted by Crippen LogP contribution is -2.38. The molecule has 2 amide bonds. The van der Waals surface area contributed by atoms with Gasteiger partial charge in [-0.3, -0.25) is 9.59 Å². The molecule has 132 valence electrons. The van der Waals surface area contributed by atoms with Gasteiger partial charge in [0.1, 0.15) is 11.6 Å². The average molecular weight is 344 g/mol. The van der Waals surface area contributed by atoms with E-state index >= 15 is 0 Å². The van der Waals surface area contributed by atoms with Crippen molar-refractivity contribution in [1.29, 1.82) is 0 Å². The molecule has 0 heterocycles. The van der Waals surface area contributed by atoms with E-state index in [2.05, 4.69) is 10.6 Å². The average Bonchev–Trinajstić information content (AvgIpc) is 2.64. The number of carbonyl (C=O) groups excluding carboxylic acids is 2. The van der Waals surface area contributed by atoms with E-state index < -0.39 is 11.7 Å². The SMILES string of the molecule is COc1ccc(CNC(=O)CNC(=O)[C@@H](C)c2cccc(F)c2)cc1. The third-order valence-corrected chi connectivity index (χ3v) is 3.81. The summed E-state index contributed by atoms with van der Waals surface area (Å²) in [5.74, 6) is -0.811. The summed E-state index contributed by atoms with van der Waals surface area (Å²) in [6, 6.07) is 13.2. The number of methoxy groups -OCH3 is 1. The van der Waals surface area contributed by atoms with Crippen molar-refractivity contribution in [3.8, 4) is 5.75 Å². The van der Waals surface area contributed by atoms with Crippen LogP contribution >= 0.6 is 0 Å². The smallest absolute Gasteiger partial charge is 0.239 e. The number of rotatable bonds is 7. The molecule has 1 atom stereocenters. The monoisotopic (exact) mass is 344 g/mol. The summed E-state index contributed by atoms with van der Waals surface area (Å²) in [5, 5.41) is 5.29. The lowest BCUT2D eigenvalue weighted by atomic mass is 10.0. The van der Waals surface area contributed by atoms with Crippen LogP contribution in [0.2, 0.25) is 0 Å². The highest BCUT2D eigenvalue weighted by atomic mass is 19.1. The molecule has 0 saturated carbocycles. The molecule has 0 bridgehead atoms. The summed E-state index contributed by atoms with van der Waals surface area (Å²) in [4.78, 5) is 23.9. The summed E-state index contributed by atoms with van der Waals surface area (Å²) in [6.45, 7) is 1.89. The van der Waals surface area contributed by atoms with Crippen LogP contribution in [0.1, 0.15) is 24.0 Å². The Morgan fingerprint density at radius 3 is 2.48 bits per heavy atom. The van der Waals surface area contributed by atoms with E-state index in [4.69, 9.17) is 4.74 Å². The first-order valence-corrected chi connectivity index (χ1v) is 7.92. The number of hydrogen-bond donors (Lipinski definition) is 2. The number of benzene rings is 2. The highest BCUT2D eigenvalue weighted by Crippen LogP contribution is 2.16. The maximum absolute atomic E-state index is 13.2. The Hall–Kier alpha value is -2.89. The number of carbonyl (C=O) groups is 2. The van der Waals surface area contributed by atoms with Gasteiger partial charge in [-0.05, 0) is 42.3 Å². The highest BCUT2D eigenvalue weighted by molar-refractivity contribution is 5.88. The first-order valence-electron chi connectivity index (χ1n) is 7.92. The molecule has 2 aromatic carbocycles. The zero-order chi connectivity index (χ0) is 18.2. The second-order valence-electron chi connectivity index (χ2n) is 5.62. The van der Waals surface area contributed by atoms with Crippen LogP contribution in [0.15, 0.2) is 48.5 Å². The number of ether oxygens (including phenoxy) is 1. The van der Waals surface area contributed by atoms with Gasteiger partial charge in [0.15, 0.2) is 0 Å². The molecule has 0 unspecified atom stereocenters. The fourth-order valence-corrected chi connectivity index (χ4v) is 2.25. The van der Waals surface area contributed by atoms with Gasteiger partial charge in [0.05, 0.1) is 19.6 Å². The number of hydrogen-bond acceptors (Lipinski definition) is 3. The number of amides is 2. The molecule has 0 aliphatic rings. The van der Waals surface area contributed by atoms with Crippen molar-refractivity contribution < 1.29 is 18.7 Å². The molecule has 2 aromatic rings. The van der Waals surface area contributed by atoms with E-state index in [9.17, 15) is 14.0 Å². The molecule has 0 radical (unpaired) electrons. The second kappa shape index (κ2) is 8.82. The van der Waals surface area contributed by atoms with E-state index in [1.165, 1.54) is 12.1 Å². The van der Waals surface area contributed by atoms with E-state index in [0.29, 0.717) is 12.1 Å². The molecule has 2 N–H and O–H groups in total. The molecule has 6 heteroatoms. The zero-order valence-corrected chi connectivity index (χ0v) is 14.2. The first kappa shape index (κ1) is 18.4. The van der Waals surface area contributed by atoms with Gasteiger partial charge in [-0.1, -0.05) is 24.3 Å². The fraction of sp³-hybridized carbons (Fsp3) is 0.263. The maximum atomic E-state index is 13.2. The first-order chi connectivity index (χ1) is 12.0. The third kappa shape index (κ3) is 5.60. The largest absolute Gasteiger partial charge is 0.497 e. The van der Waals surface area contributed by atoms with Crippen molar-refractivity contribution in [3.63, 3.8) is 0 Å². The molecule has 0 fully saturated rings. The van der Waals surface area contributed by atoms with Crippen molar-refractivity contribution in [3.05, 3.63) is 65.5 Å². The Labute approximate surface area is 146 Å². The van der Waals surface area contributed by atoms with Crippen LogP contribution in [-0.4, -0.2) is 25.5 Å². The van der Waals surface area contributed by atoms with Crippen LogP contribution in [0.3, 0.4) is 0 Å². The summed E-state index contributed by atoms with van der Waals surface area (Å²) in [7, 11) is 1.59. The normalized spacial score (nSPS) is 11.5. The van der Waals surface area contributed by atoms with E-state index in [1.54, 1.807) is 26.2 Å². The second-order valence-corrected chi connectivity index (χ2v) is 5.62. The minimum absolute atomic E-state index is 0.130. The minimum atomic E-state index is -0.537. The van der Waals surface area contributed by atoms with Crippen molar-refractivity contribution in [2.75, 3.05) is 13.7 Å². The van der Waals surface area contributed by atoms with Crippen LogP contribution in [0.25, 0.3) is 0 Å². The summed E-state index contributed by atoms with van der Waals surface area (Å²) in [6.07, 6.45) is 0. The molecule has 0 aromatic heterocycles. The van der Waals surface area contributed by atoms with Gasteiger partial charge < -0.3 is 15.4 Å². The molecule has 5 nitrogen and oxygen atoms in total. The van der Waals surface area contributed by atoms with Gasteiger partial charge in [-0.2, -0.15) is 0 Å². The Kier molecular flexibility index (Phi) is 6.51. The highest BCUT2D eigenvalue weighted by Gasteiger charge is 2.16. The summed E-state index contributed by atoms with van der Waals surface area (Å²) >= 11 is 0. The fourth-order valence-electron chi connectivity index (χ4n) is 2.25. The minimum Gasteiger partial charge on any atom is -0.497 e.